The van der Waals surface area contributed by atoms with E-state index < -0.39 is 0 Å². The van der Waals surface area contributed by atoms with Crippen LogP contribution in [0.3, 0.4) is 0 Å². The van der Waals surface area contributed by atoms with Crippen LogP contribution in [0.4, 0.5) is 28.4 Å². The molecule has 0 aromatic heterocycles. The molecule has 0 saturated heterocycles. The number of rotatable bonds is 5. The fraction of sp³-hybridized carbons (Fsp3) is 0.333. The fourth-order valence-electron chi connectivity index (χ4n) is 3.92. The lowest BCUT2D eigenvalue weighted by Crippen LogP contribution is -2.08. The van der Waals surface area contributed by atoms with Crippen molar-refractivity contribution in [3.05, 3.63) is 188 Å². The number of nitrogens with zero attached hydrogens (tertiary/aromatic N) is 2. The molecular weight excluding hydrogens is 785 g/mol. The number of nitrogens with two attached hydrogens (primary N) is 1. The third-order valence-electron chi connectivity index (χ3n) is 6.37. The summed E-state index contributed by atoms with van der Waals surface area (Å²) in [5.41, 5.74) is 12.1. The van der Waals surface area contributed by atoms with Crippen LogP contribution in [-0.4, -0.2) is 27.0 Å². The maximum absolute atomic E-state index is 5.33. The molecule has 0 atom stereocenters. The molecule has 1 aliphatic carbocycles. The number of hydrogen-bond donors (Lipinski definition) is 2. The number of benzene rings is 5. The van der Waals surface area contributed by atoms with Crippen LogP contribution < -0.4 is 20.9 Å². The summed E-state index contributed by atoms with van der Waals surface area (Å²) in [6.07, 6.45) is 10.1. The molecule has 5 aromatic carbocycles. The lowest BCUT2D eigenvalue weighted by Gasteiger charge is -2.18. The Morgan fingerprint density at radius 1 is 0.441 bits per heavy atom. The van der Waals surface area contributed by atoms with Crippen LogP contribution in [-0.2, 0) is 0 Å². The Kier molecular flexibility index (Phi) is 66.5. The molecule has 330 valence electrons. The van der Waals surface area contributed by atoms with Gasteiger partial charge in [0, 0.05) is 61.7 Å². The molecule has 0 fully saturated rings. The predicted octanol–water partition coefficient (Wildman–Crippen LogP) is 17.8. The fourth-order valence-corrected chi connectivity index (χ4v) is 3.92. The van der Waals surface area contributed by atoms with Crippen molar-refractivity contribution in [2.24, 2.45) is 5.73 Å². The van der Waals surface area contributed by atoms with E-state index in [-0.39, 0.29) is 14.9 Å². The Labute approximate surface area is 376 Å². The van der Waals surface area contributed by atoms with E-state index in [0.717, 1.165) is 11.4 Å². The zero-order valence-corrected chi connectivity index (χ0v) is 40.2. The van der Waals surface area contributed by atoms with Gasteiger partial charge in [0.2, 0.25) is 0 Å². The van der Waals surface area contributed by atoms with E-state index in [2.05, 4.69) is 148 Å². The van der Waals surface area contributed by atoms with Crippen LogP contribution in [0.2, 0.25) is 0 Å². The summed E-state index contributed by atoms with van der Waals surface area (Å²) in [5.74, 6) is 1.81. The van der Waals surface area contributed by atoms with Crippen LogP contribution in [0.1, 0.15) is 97.9 Å². The standard InChI is InChI=1S/2C13H13N.C7H9N.C6H6N.6C2H6.CH3Br.2CH4/c2*1-14(12-8-4-2-5-9-12)13-10-6-3-7-11-13;1-8-7-5-3-2-4-6-7;7-6-4-2-1-3-5-6;7*1-2;;/h2*2-11H,1H3;2-6,8H,1H3;1-2,4-5H,7H2;6*1-2H3;1H3;2*1H4/q;;;+1;;;;;;;;;. The highest BCUT2D eigenvalue weighted by Crippen LogP contribution is 2.23. The first-order valence-electron chi connectivity index (χ1n) is 20.6. The van der Waals surface area contributed by atoms with Crippen molar-refractivity contribution in [3.63, 3.8) is 0 Å². The molecule has 6 rings (SSSR count). The van der Waals surface area contributed by atoms with E-state index in [1.54, 1.807) is 6.08 Å². The molecule has 3 N–H and O–H groups in total. The number of hydrogen-bond acceptors (Lipinski definition) is 4. The number of anilines is 5. The number of allylic oxidation sites excluding steroid dienone is 5. The van der Waals surface area contributed by atoms with Crippen molar-refractivity contribution in [2.75, 3.05) is 42.1 Å². The minimum absolute atomic E-state index is 0. The third-order valence-corrected chi connectivity index (χ3v) is 6.37. The van der Waals surface area contributed by atoms with Crippen LogP contribution in [0, 0.1) is 6.08 Å². The quantitative estimate of drug-likeness (QED) is 0.136. The molecule has 5 aromatic rings. The maximum Gasteiger partial charge on any atom is 0.144 e. The van der Waals surface area contributed by atoms with Gasteiger partial charge in [0.25, 0.3) is 0 Å². The second-order valence-electron chi connectivity index (χ2n) is 9.41. The summed E-state index contributed by atoms with van der Waals surface area (Å²) in [4.78, 5) is 4.33. The Hall–Kier alpha value is -5.09. The van der Waals surface area contributed by atoms with Crippen LogP contribution >= 0.6 is 15.9 Å². The summed E-state index contributed by atoms with van der Waals surface area (Å²) < 4.78 is 0. The molecule has 4 nitrogen and oxygen atoms in total. The van der Waals surface area contributed by atoms with Gasteiger partial charge in [-0.05, 0) is 66.5 Å². The van der Waals surface area contributed by atoms with Crippen molar-refractivity contribution in [1.29, 1.82) is 0 Å². The Bertz CT molecular complexity index is 1350. The summed E-state index contributed by atoms with van der Waals surface area (Å²) >= 11 is 2.94. The van der Waals surface area contributed by atoms with Gasteiger partial charge in [-0.1, -0.05) is 205 Å². The van der Waals surface area contributed by atoms with Gasteiger partial charge in [0.1, 0.15) is 17.8 Å². The lowest BCUT2D eigenvalue weighted by molar-refractivity contribution is 1.21. The Balaban J connectivity index is -0.000000112. The highest BCUT2D eigenvalue weighted by Gasteiger charge is 2.01. The van der Waals surface area contributed by atoms with Crippen molar-refractivity contribution >= 4 is 44.4 Å². The number of para-hydroxylation sites is 5. The smallest absolute Gasteiger partial charge is 0.144 e. The molecule has 0 unspecified atom stereocenters. The third kappa shape index (κ3) is 37.0. The number of nitrogens with one attached hydrogen (secondary N) is 1. The summed E-state index contributed by atoms with van der Waals surface area (Å²) in [6.45, 7) is 24.0. The summed E-state index contributed by atoms with van der Waals surface area (Å²) in [7, 11) is 6.06. The van der Waals surface area contributed by atoms with E-state index in [0.29, 0.717) is 0 Å². The zero-order chi connectivity index (χ0) is 44.5. The largest absolute Gasteiger partial charge is 0.388 e. The topological polar surface area (TPSA) is 44.5 Å². The van der Waals surface area contributed by atoms with Gasteiger partial charge in [0.05, 0.1) is 6.08 Å². The summed E-state index contributed by atoms with van der Waals surface area (Å²) in [6, 6.07) is 51.4. The molecule has 0 amide bonds. The van der Waals surface area contributed by atoms with Gasteiger partial charge in [-0.15, -0.1) is 0 Å². The highest BCUT2D eigenvalue weighted by atomic mass is 79.9. The average molecular weight is 873 g/mol. The van der Waals surface area contributed by atoms with Gasteiger partial charge in [-0.25, -0.2) is 0 Å². The molecule has 0 bridgehead atoms. The van der Waals surface area contributed by atoms with Gasteiger partial charge in [-0.2, -0.15) is 0 Å². The molecule has 59 heavy (non-hydrogen) atoms. The van der Waals surface area contributed by atoms with E-state index >= 15 is 0 Å². The molecule has 0 aliphatic heterocycles. The van der Waals surface area contributed by atoms with E-state index in [4.69, 9.17) is 5.73 Å². The van der Waals surface area contributed by atoms with Crippen molar-refractivity contribution in [2.45, 2.75) is 97.9 Å². The number of halogens is 1. The van der Waals surface area contributed by atoms with Gasteiger partial charge in [-0.3, -0.25) is 0 Å². The maximum atomic E-state index is 5.33. The Morgan fingerprint density at radius 2 is 0.678 bits per heavy atom. The van der Waals surface area contributed by atoms with Gasteiger partial charge >= 0.3 is 0 Å². The molecule has 5 heteroatoms. The van der Waals surface area contributed by atoms with Crippen molar-refractivity contribution in [1.82, 2.24) is 0 Å². The molecule has 0 saturated carbocycles. The van der Waals surface area contributed by atoms with E-state index in [1.807, 2.05) is 169 Å². The molecule has 0 radical (unpaired) electrons. The van der Waals surface area contributed by atoms with Crippen molar-refractivity contribution < 1.29 is 0 Å². The van der Waals surface area contributed by atoms with Crippen LogP contribution in [0.15, 0.2) is 182 Å². The second kappa shape index (κ2) is 57.2. The van der Waals surface area contributed by atoms with Gasteiger partial charge < -0.3 is 20.9 Å². The first-order valence-corrected chi connectivity index (χ1v) is 22.2. The zero-order valence-electron chi connectivity index (χ0n) is 38.6. The predicted molar refractivity (Wildman–Crippen MR) is 284 cm³/mol. The molecule has 1 aliphatic rings. The molecular formula is C54H88BrN4+. The minimum Gasteiger partial charge on any atom is -0.388 e. The monoisotopic (exact) mass is 872 g/mol. The Morgan fingerprint density at radius 3 is 0.831 bits per heavy atom. The van der Waals surface area contributed by atoms with Crippen LogP contribution in [0.25, 0.3) is 0 Å². The second-order valence-corrected chi connectivity index (χ2v) is 9.41. The number of alkyl halides is 1. The normalized spacial score (nSPS) is 8.39. The van der Waals surface area contributed by atoms with Crippen LogP contribution in [0.5, 0.6) is 0 Å². The van der Waals surface area contributed by atoms with E-state index in [1.165, 1.54) is 22.7 Å². The first kappa shape index (κ1) is 68.6. The molecule has 0 heterocycles. The average Bonchev–Trinajstić information content (AvgIpc) is 3.35. The minimum atomic E-state index is 0. The SMILES string of the molecule is C.C.CBr.CC.CC.CC.CC.CC.CC.CN(c1ccccc1)c1ccccc1.CN(c1ccccc1)c1ccccc1.CNc1ccccc1.NC1=CC=C[C+]=C1. The lowest BCUT2D eigenvalue weighted by atomic mass is 10.2. The molecule has 0 spiro atoms. The van der Waals surface area contributed by atoms with E-state index in [9.17, 15) is 0 Å². The first-order chi connectivity index (χ1) is 28.1. The summed E-state index contributed by atoms with van der Waals surface area (Å²) in [5, 5.41) is 3.03. The highest BCUT2D eigenvalue weighted by molar-refractivity contribution is 9.08. The van der Waals surface area contributed by atoms with Crippen molar-refractivity contribution in [3.8, 4) is 0 Å². The van der Waals surface area contributed by atoms with Gasteiger partial charge in [0.15, 0.2) is 0 Å².